The molecule has 1 aromatic heterocycles. The summed E-state index contributed by atoms with van der Waals surface area (Å²) in [6.07, 6.45) is 2.71. The number of carboxylic acid groups (broad SMARTS) is 1. The molecule has 2 unspecified atom stereocenters. The largest absolute Gasteiger partial charge is 0.480 e. The van der Waals surface area contributed by atoms with Crippen molar-refractivity contribution in [2.75, 3.05) is 6.54 Å². The van der Waals surface area contributed by atoms with Crippen molar-refractivity contribution in [3.63, 3.8) is 0 Å². The highest BCUT2D eigenvalue weighted by Crippen LogP contribution is 2.33. The molecular weight excluding hydrogens is 339 g/mol. The fourth-order valence-electron chi connectivity index (χ4n) is 2.52. The zero-order valence-corrected chi connectivity index (χ0v) is 13.4. The van der Waals surface area contributed by atoms with E-state index in [2.05, 4.69) is 4.98 Å². The number of carbonyl (C=O) groups excluding carboxylic acids is 1. The summed E-state index contributed by atoms with van der Waals surface area (Å²) in [7, 11) is 0. The Morgan fingerprint density at radius 1 is 1.33 bits per heavy atom. The van der Waals surface area contributed by atoms with E-state index >= 15 is 0 Å². The number of hydrogen-bond donors (Lipinski definition) is 1. The van der Waals surface area contributed by atoms with Gasteiger partial charge >= 0.3 is 5.97 Å². The second-order valence-corrected chi connectivity index (χ2v) is 6.15. The Morgan fingerprint density at radius 2 is 2.00 bits per heavy atom. The van der Waals surface area contributed by atoms with Crippen LogP contribution in [0.1, 0.15) is 30.3 Å². The Bertz CT molecular complexity index is 594. The summed E-state index contributed by atoms with van der Waals surface area (Å²) in [5, 5.41) is 9.46. The van der Waals surface area contributed by atoms with Gasteiger partial charge in [-0.25, -0.2) is 9.78 Å². The summed E-state index contributed by atoms with van der Waals surface area (Å²) in [6.45, 7) is 2.15. The fraction of sp³-hybridized carbons (Fsp3) is 0.462. The molecule has 2 heterocycles. The molecule has 1 aromatic rings. The normalized spacial score (nSPS) is 22.2. The number of aromatic nitrogens is 1. The van der Waals surface area contributed by atoms with E-state index in [0.717, 1.165) is 12.8 Å². The molecule has 0 spiro atoms. The number of carbonyl (C=O) groups is 2. The van der Waals surface area contributed by atoms with E-state index in [1.165, 1.54) is 11.1 Å². The zero-order valence-electron chi connectivity index (χ0n) is 11.1. The Labute approximate surface area is 136 Å². The summed E-state index contributed by atoms with van der Waals surface area (Å²) < 4.78 is 0. The van der Waals surface area contributed by atoms with Crippen LogP contribution in [0.3, 0.4) is 0 Å². The molecule has 0 bridgehead atoms. The number of rotatable bonds is 2. The summed E-state index contributed by atoms with van der Waals surface area (Å²) in [5.41, 5.74) is -0.0774. The number of pyridine rings is 1. The quantitative estimate of drug-likeness (QED) is 0.887. The Hall–Kier alpha value is -1.04. The number of aliphatic carboxylic acids is 1. The minimum Gasteiger partial charge on any atom is -0.480 e. The maximum Gasteiger partial charge on any atom is 0.326 e. The molecule has 0 radical (unpaired) electrons. The minimum absolute atomic E-state index is 0.0358. The van der Waals surface area contributed by atoms with Gasteiger partial charge in [0.15, 0.2) is 0 Å². The molecule has 1 amide bonds. The SMILES string of the molecule is CC1CCCN(C(=O)c2ncc(Cl)c(Cl)c2Cl)C1C(=O)O. The average molecular weight is 352 g/mol. The van der Waals surface area contributed by atoms with Gasteiger partial charge in [0.1, 0.15) is 11.7 Å². The van der Waals surface area contributed by atoms with Gasteiger partial charge in [0.05, 0.1) is 15.1 Å². The fourth-order valence-corrected chi connectivity index (χ4v) is 3.08. The zero-order chi connectivity index (χ0) is 15.7. The monoisotopic (exact) mass is 350 g/mol. The Kier molecular flexibility index (Phi) is 4.96. The van der Waals surface area contributed by atoms with Gasteiger partial charge in [-0.05, 0) is 18.8 Å². The number of likely N-dealkylation sites (tertiary alicyclic amines) is 1. The van der Waals surface area contributed by atoms with E-state index in [4.69, 9.17) is 34.8 Å². The van der Waals surface area contributed by atoms with E-state index in [0.29, 0.717) is 6.54 Å². The van der Waals surface area contributed by atoms with Crippen LogP contribution in [-0.2, 0) is 4.79 Å². The van der Waals surface area contributed by atoms with Gasteiger partial charge in [-0.2, -0.15) is 0 Å². The molecule has 1 fully saturated rings. The van der Waals surface area contributed by atoms with Crippen molar-refractivity contribution < 1.29 is 14.7 Å². The predicted molar refractivity (Wildman–Crippen MR) is 80.1 cm³/mol. The van der Waals surface area contributed by atoms with Crippen molar-refractivity contribution in [1.82, 2.24) is 9.88 Å². The second-order valence-electron chi connectivity index (χ2n) is 4.98. The van der Waals surface area contributed by atoms with Crippen LogP contribution < -0.4 is 0 Å². The van der Waals surface area contributed by atoms with E-state index in [9.17, 15) is 14.7 Å². The smallest absolute Gasteiger partial charge is 0.326 e. The standard InChI is InChI=1S/C13H13Cl3N2O3/c1-6-3-2-4-18(11(6)13(20)21)12(19)10-9(16)8(15)7(14)5-17-10/h5-6,11H,2-4H2,1H3,(H,20,21). The molecule has 2 rings (SSSR count). The molecule has 1 saturated heterocycles. The van der Waals surface area contributed by atoms with Crippen molar-refractivity contribution >= 4 is 46.7 Å². The third kappa shape index (κ3) is 3.10. The third-order valence-corrected chi connectivity index (χ3v) is 4.81. The van der Waals surface area contributed by atoms with Gasteiger partial charge in [-0.3, -0.25) is 4.79 Å². The second kappa shape index (κ2) is 6.38. The number of amides is 1. The van der Waals surface area contributed by atoms with Gasteiger partial charge in [0.25, 0.3) is 5.91 Å². The van der Waals surface area contributed by atoms with Gasteiger partial charge < -0.3 is 10.0 Å². The van der Waals surface area contributed by atoms with Gasteiger partial charge in [0.2, 0.25) is 0 Å². The molecule has 8 heteroatoms. The Balaban J connectivity index is 2.38. The molecule has 0 aromatic carbocycles. The van der Waals surface area contributed by atoms with Crippen molar-refractivity contribution in [2.45, 2.75) is 25.8 Å². The summed E-state index contributed by atoms with van der Waals surface area (Å²) in [6, 6.07) is -0.890. The molecular formula is C13H13Cl3N2O3. The van der Waals surface area contributed by atoms with E-state index in [1.807, 2.05) is 6.92 Å². The lowest BCUT2D eigenvalue weighted by Gasteiger charge is -2.37. The molecule has 0 saturated carbocycles. The van der Waals surface area contributed by atoms with Crippen LogP contribution in [0, 0.1) is 5.92 Å². The van der Waals surface area contributed by atoms with Crippen LogP contribution in [0.15, 0.2) is 6.20 Å². The topological polar surface area (TPSA) is 70.5 Å². The molecule has 1 aliphatic heterocycles. The molecule has 2 atom stereocenters. The highest BCUT2D eigenvalue weighted by molar-refractivity contribution is 6.48. The van der Waals surface area contributed by atoms with Crippen LogP contribution in [0.25, 0.3) is 0 Å². The lowest BCUT2D eigenvalue weighted by molar-refractivity contribution is -0.145. The van der Waals surface area contributed by atoms with Crippen LogP contribution in [-0.4, -0.2) is 39.5 Å². The average Bonchev–Trinajstić information content (AvgIpc) is 2.43. The van der Waals surface area contributed by atoms with Gasteiger partial charge in [-0.1, -0.05) is 41.7 Å². The maximum atomic E-state index is 12.6. The summed E-state index contributed by atoms with van der Waals surface area (Å²) >= 11 is 17.7. The van der Waals surface area contributed by atoms with Crippen molar-refractivity contribution in [2.24, 2.45) is 5.92 Å². The molecule has 1 N–H and O–H groups in total. The number of hydrogen-bond acceptors (Lipinski definition) is 3. The van der Waals surface area contributed by atoms with Crippen LogP contribution in [0.2, 0.25) is 15.1 Å². The number of carboxylic acids is 1. The molecule has 5 nitrogen and oxygen atoms in total. The minimum atomic E-state index is -1.04. The summed E-state index contributed by atoms with van der Waals surface area (Å²) in [5.74, 6) is -1.72. The third-order valence-electron chi connectivity index (χ3n) is 3.57. The first kappa shape index (κ1) is 16.3. The lowest BCUT2D eigenvalue weighted by atomic mass is 9.90. The van der Waals surface area contributed by atoms with Crippen LogP contribution in [0.5, 0.6) is 0 Å². The first-order chi connectivity index (χ1) is 9.84. The van der Waals surface area contributed by atoms with E-state index < -0.39 is 17.9 Å². The highest BCUT2D eigenvalue weighted by Gasteiger charge is 2.38. The summed E-state index contributed by atoms with van der Waals surface area (Å²) in [4.78, 5) is 29.2. The van der Waals surface area contributed by atoms with Gasteiger partial charge in [0, 0.05) is 12.7 Å². The van der Waals surface area contributed by atoms with E-state index in [1.54, 1.807) is 0 Å². The molecule has 21 heavy (non-hydrogen) atoms. The van der Waals surface area contributed by atoms with E-state index in [-0.39, 0.29) is 26.7 Å². The number of halogens is 3. The first-order valence-corrected chi connectivity index (χ1v) is 7.51. The van der Waals surface area contributed by atoms with Crippen LogP contribution in [0.4, 0.5) is 0 Å². The van der Waals surface area contributed by atoms with Crippen LogP contribution >= 0.6 is 34.8 Å². The molecule has 1 aliphatic rings. The maximum absolute atomic E-state index is 12.6. The predicted octanol–water partition coefficient (Wildman–Crippen LogP) is 3.37. The molecule has 114 valence electrons. The number of piperidine rings is 1. The highest BCUT2D eigenvalue weighted by atomic mass is 35.5. The van der Waals surface area contributed by atoms with Crippen molar-refractivity contribution in [3.05, 3.63) is 27.0 Å². The van der Waals surface area contributed by atoms with Crippen molar-refractivity contribution in [3.8, 4) is 0 Å². The number of nitrogens with zero attached hydrogens (tertiary/aromatic N) is 2. The molecule has 0 aliphatic carbocycles. The van der Waals surface area contributed by atoms with Gasteiger partial charge in [-0.15, -0.1) is 0 Å². The first-order valence-electron chi connectivity index (χ1n) is 6.37. The lowest BCUT2D eigenvalue weighted by Crippen LogP contribution is -2.52. The Morgan fingerprint density at radius 3 is 2.62 bits per heavy atom. The van der Waals surface area contributed by atoms with Crippen molar-refractivity contribution in [1.29, 1.82) is 0 Å².